The molecule has 1 saturated carbocycles. The molecule has 0 radical (unpaired) electrons. The second kappa shape index (κ2) is 4.56. The van der Waals surface area contributed by atoms with E-state index in [1.807, 2.05) is 6.92 Å². The van der Waals surface area contributed by atoms with Gasteiger partial charge in [0.2, 0.25) is 0 Å². The number of aryl methyl sites for hydroxylation is 1. The highest BCUT2D eigenvalue weighted by atomic mass is 14.9. The second-order valence-corrected chi connectivity index (χ2v) is 6.18. The summed E-state index contributed by atoms with van der Waals surface area (Å²) in [6.45, 7) is 8.19. The van der Waals surface area contributed by atoms with Gasteiger partial charge in [0.1, 0.15) is 0 Å². The van der Waals surface area contributed by atoms with Crippen LogP contribution < -0.4 is 0 Å². The molecule has 1 heterocycles. The van der Waals surface area contributed by atoms with Crippen LogP contribution in [-0.4, -0.2) is 4.57 Å². The standard InChI is InChI=1S/C19H21N/c1-14(2)11-12-19(3,15-9-10-15)17-13-20(4)18-8-6-5-7-16(17)18/h5-8,13,15H,1,9-10H2,2-4H3. The maximum Gasteiger partial charge on any atom is 0.0587 e. The maximum atomic E-state index is 3.92. The molecule has 0 amide bonds. The number of aromatic nitrogens is 1. The lowest BCUT2D eigenvalue weighted by atomic mass is 9.78. The highest BCUT2D eigenvalue weighted by molar-refractivity contribution is 5.85. The van der Waals surface area contributed by atoms with Crippen molar-refractivity contribution in [3.8, 4) is 11.8 Å². The molecular formula is C19H21N. The van der Waals surface area contributed by atoms with Gasteiger partial charge in [0.25, 0.3) is 0 Å². The predicted molar refractivity (Wildman–Crippen MR) is 85.6 cm³/mol. The number of para-hydroxylation sites is 1. The number of allylic oxidation sites excluding steroid dienone is 1. The Labute approximate surface area is 121 Å². The molecule has 1 aliphatic rings. The van der Waals surface area contributed by atoms with E-state index in [0.29, 0.717) is 5.92 Å². The van der Waals surface area contributed by atoms with E-state index >= 15 is 0 Å². The van der Waals surface area contributed by atoms with Crippen molar-refractivity contribution in [2.24, 2.45) is 13.0 Å². The molecule has 0 N–H and O–H groups in total. The summed E-state index contributed by atoms with van der Waals surface area (Å²) in [6.07, 6.45) is 4.82. The fraction of sp³-hybridized carbons (Fsp3) is 0.368. The highest BCUT2D eigenvalue weighted by Crippen LogP contribution is 2.49. The second-order valence-electron chi connectivity index (χ2n) is 6.18. The van der Waals surface area contributed by atoms with Gasteiger partial charge in [-0.1, -0.05) is 36.6 Å². The van der Waals surface area contributed by atoms with Crippen molar-refractivity contribution in [3.05, 3.63) is 48.2 Å². The first-order chi connectivity index (χ1) is 9.52. The molecule has 1 heteroatoms. The molecule has 0 saturated heterocycles. The Balaban J connectivity index is 2.21. The van der Waals surface area contributed by atoms with E-state index in [2.05, 4.69) is 67.4 Å². The lowest BCUT2D eigenvalue weighted by Crippen LogP contribution is -2.22. The number of hydrogen-bond donors (Lipinski definition) is 0. The Hall–Kier alpha value is -1.94. The van der Waals surface area contributed by atoms with E-state index in [-0.39, 0.29) is 5.41 Å². The molecule has 1 nitrogen and oxygen atoms in total. The molecule has 1 unspecified atom stereocenters. The molecule has 1 atom stereocenters. The van der Waals surface area contributed by atoms with Gasteiger partial charge in [-0.15, -0.1) is 0 Å². The van der Waals surface area contributed by atoms with E-state index in [1.165, 1.54) is 29.3 Å². The topological polar surface area (TPSA) is 4.93 Å². The van der Waals surface area contributed by atoms with Gasteiger partial charge >= 0.3 is 0 Å². The van der Waals surface area contributed by atoms with Crippen molar-refractivity contribution in [1.29, 1.82) is 0 Å². The number of benzene rings is 1. The molecule has 1 aliphatic carbocycles. The van der Waals surface area contributed by atoms with E-state index in [4.69, 9.17) is 0 Å². The average Bonchev–Trinajstić information content (AvgIpc) is 3.22. The van der Waals surface area contributed by atoms with Gasteiger partial charge in [-0.2, -0.15) is 0 Å². The van der Waals surface area contributed by atoms with Crippen LogP contribution in [0.25, 0.3) is 10.9 Å². The number of nitrogens with zero attached hydrogens (tertiary/aromatic N) is 1. The van der Waals surface area contributed by atoms with Crippen LogP contribution in [0.5, 0.6) is 0 Å². The first-order valence-electron chi connectivity index (χ1n) is 7.25. The quantitative estimate of drug-likeness (QED) is 0.707. The third-order valence-corrected chi connectivity index (χ3v) is 4.39. The molecule has 1 aromatic carbocycles. The molecule has 2 aromatic rings. The summed E-state index contributed by atoms with van der Waals surface area (Å²) >= 11 is 0. The number of rotatable bonds is 2. The fourth-order valence-electron chi connectivity index (χ4n) is 3.04. The minimum Gasteiger partial charge on any atom is -0.350 e. The van der Waals surface area contributed by atoms with E-state index in [9.17, 15) is 0 Å². The number of hydrogen-bond acceptors (Lipinski definition) is 0. The van der Waals surface area contributed by atoms with Crippen LogP contribution in [0.3, 0.4) is 0 Å². The zero-order valence-electron chi connectivity index (χ0n) is 12.5. The normalized spacial score (nSPS) is 17.4. The van der Waals surface area contributed by atoms with Crippen molar-refractivity contribution in [3.63, 3.8) is 0 Å². The molecule has 102 valence electrons. The van der Waals surface area contributed by atoms with Gasteiger partial charge in [-0.25, -0.2) is 0 Å². The van der Waals surface area contributed by atoms with Gasteiger partial charge in [0.15, 0.2) is 0 Å². The van der Waals surface area contributed by atoms with Gasteiger partial charge in [0, 0.05) is 24.1 Å². The Morgan fingerprint density at radius 1 is 1.35 bits per heavy atom. The van der Waals surface area contributed by atoms with Crippen LogP contribution in [0.1, 0.15) is 32.3 Å². The van der Waals surface area contributed by atoms with Gasteiger partial charge in [-0.05, 0) is 49.8 Å². The molecule has 1 aromatic heterocycles. The average molecular weight is 263 g/mol. The Bertz CT molecular complexity index is 734. The monoisotopic (exact) mass is 263 g/mol. The first-order valence-corrected chi connectivity index (χ1v) is 7.25. The molecule has 20 heavy (non-hydrogen) atoms. The largest absolute Gasteiger partial charge is 0.350 e. The summed E-state index contributed by atoms with van der Waals surface area (Å²) in [5.74, 6) is 7.42. The zero-order valence-corrected chi connectivity index (χ0v) is 12.5. The molecule has 0 bridgehead atoms. The SMILES string of the molecule is C=C(C)C#CC(C)(c1cn(C)c2ccccc12)C1CC1. The molecule has 0 aliphatic heterocycles. The van der Waals surface area contributed by atoms with E-state index in [1.54, 1.807) is 0 Å². The molecule has 0 spiro atoms. The minimum absolute atomic E-state index is 0.0557. The summed E-state index contributed by atoms with van der Waals surface area (Å²) in [6, 6.07) is 8.61. The Morgan fingerprint density at radius 3 is 2.70 bits per heavy atom. The van der Waals surface area contributed by atoms with Crippen molar-refractivity contribution < 1.29 is 0 Å². The van der Waals surface area contributed by atoms with Crippen LogP contribution in [0, 0.1) is 17.8 Å². The summed E-state index contributed by atoms with van der Waals surface area (Å²) in [4.78, 5) is 0. The minimum atomic E-state index is -0.0557. The van der Waals surface area contributed by atoms with Crippen LogP contribution in [0.15, 0.2) is 42.6 Å². The van der Waals surface area contributed by atoms with Crippen molar-refractivity contribution >= 4 is 10.9 Å². The van der Waals surface area contributed by atoms with Crippen molar-refractivity contribution in [2.75, 3.05) is 0 Å². The zero-order chi connectivity index (χ0) is 14.3. The Morgan fingerprint density at radius 2 is 2.05 bits per heavy atom. The first kappa shape index (κ1) is 13.1. The van der Waals surface area contributed by atoms with Crippen LogP contribution in [-0.2, 0) is 12.5 Å². The summed E-state index contributed by atoms with van der Waals surface area (Å²) in [7, 11) is 2.12. The number of fused-ring (bicyclic) bond motifs is 1. The highest BCUT2D eigenvalue weighted by Gasteiger charge is 2.43. The lowest BCUT2D eigenvalue weighted by Gasteiger charge is -2.23. The van der Waals surface area contributed by atoms with Crippen molar-refractivity contribution in [2.45, 2.75) is 32.1 Å². The van der Waals surface area contributed by atoms with Gasteiger partial charge < -0.3 is 4.57 Å². The fourth-order valence-corrected chi connectivity index (χ4v) is 3.04. The summed E-state index contributed by atoms with van der Waals surface area (Å²) in [5.41, 5.74) is 3.54. The predicted octanol–water partition coefficient (Wildman–Crippen LogP) is 4.43. The summed E-state index contributed by atoms with van der Waals surface area (Å²) in [5, 5.41) is 1.33. The van der Waals surface area contributed by atoms with Crippen LogP contribution in [0.2, 0.25) is 0 Å². The molecule has 1 fully saturated rings. The van der Waals surface area contributed by atoms with Gasteiger partial charge in [-0.3, -0.25) is 0 Å². The molecular weight excluding hydrogens is 242 g/mol. The van der Waals surface area contributed by atoms with E-state index < -0.39 is 0 Å². The lowest BCUT2D eigenvalue weighted by molar-refractivity contribution is 0.538. The Kier molecular flexibility index (Phi) is 2.98. The molecule has 3 rings (SSSR count). The van der Waals surface area contributed by atoms with Crippen LogP contribution >= 0.6 is 0 Å². The summed E-state index contributed by atoms with van der Waals surface area (Å²) < 4.78 is 2.22. The van der Waals surface area contributed by atoms with Gasteiger partial charge in [0.05, 0.1) is 5.41 Å². The third-order valence-electron chi connectivity index (χ3n) is 4.39. The van der Waals surface area contributed by atoms with Crippen LogP contribution in [0.4, 0.5) is 0 Å². The van der Waals surface area contributed by atoms with E-state index in [0.717, 1.165) is 5.57 Å². The third kappa shape index (κ3) is 2.06. The smallest absolute Gasteiger partial charge is 0.0587 e. The van der Waals surface area contributed by atoms with Crippen molar-refractivity contribution in [1.82, 2.24) is 4.57 Å². The maximum absolute atomic E-state index is 3.92.